The molecule has 0 amide bonds. The minimum Gasteiger partial charge on any atom is -0.481 e. The van der Waals surface area contributed by atoms with Crippen molar-refractivity contribution in [2.45, 2.75) is 19.5 Å². The SMILES string of the molecule is CCC(C(=O)O)C(N=Nc1ccccc1)[N+](=O)[O-]. The first kappa shape index (κ1) is 13.8. The number of nitro groups is 1. The maximum absolute atomic E-state index is 10.9. The third-order valence-electron chi connectivity index (χ3n) is 2.38. The monoisotopic (exact) mass is 251 g/mol. The Hall–Kier alpha value is -2.31. The molecule has 7 nitrogen and oxygen atoms in total. The van der Waals surface area contributed by atoms with Gasteiger partial charge in [-0.15, -0.1) is 10.2 Å². The lowest BCUT2D eigenvalue weighted by Crippen LogP contribution is -2.32. The van der Waals surface area contributed by atoms with Crippen molar-refractivity contribution in [1.29, 1.82) is 0 Å². The van der Waals surface area contributed by atoms with Gasteiger partial charge >= 0.3 is 12.1 Å². The molecule has 0 saturated heterocycles. The van der Waals surface area contributed by atoms with Gasteiger partial charge in [-0.25, -0.2) is 0 Å². The number of hydrogen-bond acceptors (Lipinski definition) is 5. The summed E-state index contributed by atoms with van der Waals surface area (Å²) in [6, 6.07) is 8.45. The largest absolute Gasteiger partial charge is 0.481 e. The molecule has 0 aliphatic rings. The zero-order valence-corrected chi connectivity index (χ0v) is 9.76. The molecule has 0 bridgehead atoms. The fourth-order valence-electron chi connectivity index (χ4n) is 1.40. The van der Waals surface area contributed by atoms with Crippen LogP contribution in [-0.4, -0.2) is 22.2 Å². The summed E-state index contributed by atoms with van der Waals surface area (Å²) in [5.41, 5.74) is 0.449. The molecule has 0 heterocycles. The number of hydrogen-bond donors (Lipinski definition) is 1. The van der Waals surface area contributed by atoms with Crippen LogP contribution in [0.2, 0.25) is 0 Å². The molecule has 1 N–H and O–H groups in total. The molecule has 0 spiro atoms. The number of azo groups is 1. The first-order chi connectivity index (χ1) is 8.56. The van der Waals surface area contributed by atoms with E-state index in [1.807, 2.05) is 0 Å². The minimum atomic E-state index is -1.56. The molecule has 1 rings (SSSR count). The van der Waals surface area contributed by atoms with Crippen molar-refractivity contribution in [1.82, 2.24) is 0 Å². The standard InChI is InChI=1S/C11H13N3O4/c1-2-9(11(15)16)10(14(17)18)13-12-8-6-4-3-5-7-8/h3-7,9-10H,2H2,1H3,(H,15,16). The molecule has 96 valence electrons. The van der Waals surface area contributed by atoms with Gasteiger partial charge in [0.15, 0.2) is 0 Å². The number of benzene rings is 1. The van der Waals surface area contributed by atoms with E-state index < -0.39 is 23.0 Å². The van der Waals surface area contributed by atoms with Crippen molar-refractivity contribution >= 4 is 11.7 Å². The third-order valence-corrected chi connectivity index (χ3v) is 2.38. The molecule has 1 aromatic rings. The van der Waals surface area contributed by atoms with Gasteiger partial charge in [-0.1, -0.05) is 25.1 Å². The first-order valence-electron chi connectivity index (χ1n) is 5.38. The van der Waals surface area contributed by atoms with Gasteiger partial charge in [0.25, 0.3) is 0 Å². The Morgan fingerprint density at radius 1 is 1.44 bits per heavy atom. The van der Waals surface area contributed by atoms with Crippen LogP contribution in [0.4, 0.5) is 5.69 Å². The smallest absolute Gasteiger partial charge is 0.334 e. The highest BCUT2D eigenvalue weighted by Crippen LogP contribution is 2.17. The molecular weight excluding hydrogens is 238 g/mol. The van der Waals surface area contributed by atoms with E-state index in [9.17, 15) is 14.9 Å². The van der Waals surface area contributed by atoms with Gasteiger partial charge in [-0.3, -0.25) is 14.9 Å². The van der Waals surface area contributed by atoms with E-state index in [0.717, 1.165) is 0 Å². The van der Waals surface area contributed by atoms with Gasteiger partial charge in [0.05, 0.1) is 5.69 Å². The maximum Gasteiger partial charge on any atom is 0.334 e. The van der Waals surface area contributed by atoms with Crippen LogP contribution in [0.5, 0.6) is 0 Å². The Kier molecular flexibility index (Phi) is 4.91. The Morgan fingerprint density at radius 3 is 2.50 bits per heavy atom. The van der Waals surface area contributed by atoms with Gasteiger partial charge in [0.2, 0.25) is 0 Å². The van der Waals surface area contributed by atoms with Crippen LogP contribution in [0.1, 0.15) is 13.3 Å². The fourth-order valence-corrected chi connectivity index (χ4v) is 1.40. The van der Waals surface area contributed by atoms with E-state index in [-0.39, 0.29) is 6.42 Å². The molecule has 2 atom stereocenters. The molecule has 18 heavy (non-hydrogen) atoms. The van der Waals surface area contributed by atoms with Crippen molar-refractivity contribution in [3.8, 4) is 0 Å². The molecule has 0 saturated carbocycles. The number of nitrogens with zero attached hydrogens (tertiary/aromatic N) is 3. The zero-order chi connectivity index (χ0) is 13.5. The molecule has 0 fully saturated rings. The number of carbonyl (C=O) groups is 1. The van der Waals surface area contributed by atoms with Crippen LogP contribution in [0.15, 0.2) is 40.6 Å². The van der Waals surface area contributed by atoms with Crippen molar-refractivity contribution < 1.29 is 14.8 Å². The van der Waals surface area contributed by atoms with Crippen LogP contribution in [0.25, 0.3) is 0 Å². The quantitative estimate of drug-likeness (QED) is 0.476. The van der Waals surface area contributed by atoms with Crippen LogP contribution in [0.3, 0.4) is 0 Å². The van der Waals surface area contributed by atoms with Crippen molar-refractivity contribution in [2.24, 2.45) is 16.1 Å². The second kappa shape index (κ2) is 6.43. The van der Waals surface area contributed by atoms with Crippen LogP contribution >= 0.6 is 0 Å². The molecule has 0 aliphatic heterocycles. The normalized spacial score (nSPS) is 14.3. The molecule has 0 aromatic heterocycles. The summed E-state index contributed by atoms with van der Waals surface area (Å²) < 4.78 is 0. The summed E-state index contributed by atoms with van der Waals surface area (Å²) >= 11 is 0. The Morgan fingerprint density at radius 2 is 2.06 bits per heavy atom. The Bertz CT molecular complexity index is 447. The predicted molar refractivity (Wildman–Crippen MR) is 63.2 cm³/mol. The lowest BCUT2D eigenvalue weighted by Gasteiger charge is -2.10. The molecule has 0 aliphatic carbocycles. The van der Waals surface area contributed by atoms with Gasteiger partial charge in [-0.2, -0.15) is 0 Å². The van der Waals surface area contributed by atoms with Crippen LogP contribution in [0, 0.1) is 16.0 Å². The molecule has 1 aromatic carbocycles. The van der Waals surface area contributed by atoms with Gasteiger partial charge in [0, 0.05) is 4.92 Å². The van der Waals surface area contributed by atoms with Crippen molar-refractivity contribution in [3.63, 3.8) is 0 Å². The van der Waals surface area contributed by atoms with E-state index in [1.54, 1.807) is 37.3 Å². The Labute approximate surface area is 103 Å². The molecule has 2 unspecified atom stereocenters. The van der Waals surface area contributed by atoms with Crippen LogP contribution in [-0.2, 0) is 4.79 Å². The lowest BCUT2D eigenvalue weighted by molar-refractivity contribution is -0.529. The average Bonchev–Trinajstić information content (AvgIpc) is 2.34. The van der Waals surface area contributed by atoms with E-state index in [2.05, 4.69) is 10.2 Å². The second-order valence-corrected chi connectivity index (χ2v) is 3.60. The zero-order valence-electron chi connectivity index (χ0n) is 9.76. The molecular formula is C11H13N3O4. The van der Waals surface area contributed by atoms with Gasteiger partial charge in [0.1, 0.15) is 5.92 Å². The highest BCUT2D eigenvalue weighted by molar-refractivity contribution is 5.70. The highest BCUT2D eigenvalue weighted by atomic mass is 16.6. The third kappa shape index (κ3) is 3.62. The second-order valence-electron chi connectivity index (χ2n) is 3.60. The van der Waals surface area contributed by atoms with E-state index in [1.165, 1.54) is 0 Å². The first-order valence-corrected chi connectivity index (χ1v) is 5.38. The highest BCUT2D eigenvalue weighted by Gasteiger charge is 2.35. The lowest BCUT2D eigenvalue weighted by atomic mass is 10.0. The van der Waals surface area contributed by atoms with Crippen molar-refractivity contribution in [3.05, 3.63) is 40.4 Å². The summed E-state index contributed by atoms with van der Waals surface area (Å²) in [5.74, 6) is -2.42. The average molecular weight is 251 g/mol. The molecule has 7 heteroatoms. The van der Waals surface area contributed by atoms with Crippen LogP contribution < -0.4 is 0 Å². The van der Waals surface area contributed by atoms with E-state index in [4.69, 9.17) is 5.11 Å². The minimum absolute atomic E-state index is 0.120. The number of carboxylic acids is 1. The summed E-state index contributed by atoms with van der Waals surface area (Å²) in [5, 5.41) is 26.9. The summed E-state index contributed by atoms with van der Waals surface area (Å²) in [6.45, 7) is 1.56. The number of carboxylic acid groups (broad SMARTS) is 1. The predicted octanol–water partition coefficient (Wildman–Crippen LogP) is 2.48. The van der Waals surface area contributed by atoms with Crippen molar-refractivity contribution in [2.75, 3.05) is 0 Å². The van der Waals surface area contributed by atoms with E-state index >= 15 is 0 Å². The molecule has 0 radical (unpaired) electrons. The summed E-state index contributed by atoms with van der Waals surface area (Å²) in [6.07, 6.45) is -1.44. The number of aliphatic carboxylic acids is 1. The fraction of sp³-hybridized carbons (Fsp3) is 0.364. The van der Waals surface area contributed by atoms with E-state index in [0.29, 0.717) is 5.69 Å². The Balaban J connectivity index is 2.90. The van der Waals surface area contributed by atoms with Gasteiger partial charge < -0.3 is 5.11 Å². The summed E-state index contributed by atoms with van der Waals surface area (Å²) in [7, 11) is 0. The maximum atomic E-state index is 10.9. The van der Waals surface area contributed by atoms with Gasteiger partial charge in [-0.05, 0) is 18.6 Å². The number of rotatable bonds is 6. The summed E-state index contributed by atoms with van der Waals surface area (Å²) in [4.78, 5) is 21.0. The topological polar surface area (TPSA) is 105 Å².